The number of unbranched alkanes of at least 4 members (excludes halogenated alkanes) is 5. The highest BCUT2D eigenvalue weighted by atomic mass is 16.5. The van der Waals surface area contributed by atoms with Crippen molar-refractivity contribution < 1.29 is 30.0 Å². The Morgan fingerprint density at radius 2 is 1.78 bits per heavy atom. The molecule has 0 saturated heterocycles. The first-order valence-electron chi connectivity index (χ1n) is 7.54. The minimum absolute atomic E-state index is 0. The minimum atomic E-state index is -1.23. The Balaban J connectivity index is 0.00000484. The van der Waals surface area contributed by atoms with Crippen molar-refractivity contribution in [2.75, 3.05) is 11.9 Å². The second kappa shape index (κ2) is 11.3. The number of carboxylic acids is 1. The first-order chi connectivity index (χ1) is 10.5. The Hall–Kier alpha value is -2.28. The van der Waals surface area contributed by atoms with E-state index in [4.69, 9.17) is 9.84 Å². The smallest absolute Gasteiger partial charge is 0.411 e. The maximum Gasteiger partial charge on any atom is 0.411 e. The van der Waals surface area contributed by atoms with Crippen LogP contribution in [0.2, 0.25) is 0 Å². The molecule has 0 saturated carbocycles. The summed E-state index contributed by atoms with van der Waals surface area (Å²) in [5, 5.41) is 20.8. The monoisotopic (exact) mass is 326 g/mol. The van der Waals surface area contributed by atoms with Gasteiger partial charge in [-0.2, -0.15) is 0 Å². The van der Waals surface area contributed by atoms with Crippen LogP contribution in [0.15, 0.2) is 18.2 Å². The number of benzene rings is 1. The Morgan fingerprint density at radius 1 is 1.13 bits per heavy atom. The molecule has 0 aromatic heterocycles. The molecule has 0 fully saturated rings. The summed E-state index contributed by atoms with van der Waals surface area (Å²) in [5.41, 5.74) is 0.0708. The van der Waals surface area contributed by atoms with E-state index in [1.807, 2.05) is 0 Å². The maximum atomic E-state index is 11.5. The van der Waals surface area contributed by atoms with Crippen LogP contribution in [0.5, 0.6) is 5.75 Å². The molecule has 1 amide bonds. The normalized spacial score (nSPS) is 9.78. The van der Waals surface area contributed by atoms with Crippen LogP contribution in [0.25, 0.3) is 0 Å². The molecule has 0 atom stereocenters. The van der Waals surface area contributed by atoms with Gasteiger partial charge in [0.15, 0.2) is 0 Å². The molecule has 4 N–H and O–H groups in total. The number of anilines is 1. The summed E-state index contributed by atoms with van der Waals surface area (Å²) < 4.78 is 5.02. The van der Waals surface area contributed by atoms with E-state index >= 15 is 0 Å². The van der Waals surface area contributed by atoms with Gasteiger partial charge in [0, 0.05) is 11.8 Å². The third-order valence-corrected chi connectivity index (χ3v) is 3.21. The molecule has 7 heteroatoms. The van der Waals surface area contributed by atoms with E-state index in [0.29, 0.717) is 6.61 Å². The van der Waals surface area contributed by atoms with Crippen molar-refractivity contribution >= 4 is 17.7 Å². The number of ether oxygens (including phenoxy) is 1. The molecule has 0 aliphatic heterocycles. The maximum absolute atomic E-state index is 11.5. The first-order valence-corrected chi connectivity index (χ1v) is 7.54. The van der Waals surface area contributed by atoms with Gasteiger partial charge in [-0.15, -0.1) is 0 Å². The Labute approximate surface area is 135 Å². The van der Waals surface area contributed by atoms with E-state index in [2.05, 4.69) is 12.2 Å². The average molecular weight is 326 g/mol. The summed E-state index contributed by atoms with van der Waals surface area (Å²) >= 11 is 0. The fourth-order valence-electron chi connectivity index (χ4n) is 1.99. The molecule has 0 aliphatic rings. The predicted octanol–water partition coefficient (Wildman–Crippen LogP) is 3.82. The topological polar surface area (TPSA) is 126 Å². The highest BCUT2D eigenvalue weighted by Crippen LogP contribution is 2.22. The number of aromatic carboxylic acids is 1. The molecule has 1 rings (SSSR count). The van der Waals surface area contributed by atoms with Crippen LogP contribution in [-0.4, -0.2) is 34.4 Å². The summed E-state index contributed by atoms with van der Waals surface area (Å²) in [5.74, 6) is -1.63. The summed E-state index contributed by atoms with van der Waals surface area (Å²) in [6.07, 6.45) is 6.02. The number of aromatic hydroxyl groups is 1. The van der Waals surface area contributed by atoms with Crippen LogP contribution in [0.1, 0.15) is 55.8 Å². The predicted molar refractivity (Wildman–Crippen MR) is 85.3 cm³/mol. The van der Waals surface area contributed by atoms with Gasteiger partial charge in [-0.05, 0) is 18.6 Å². The average Bonchev–Trinajstić information content (AvgIpc) is 2.46. The fourth-order valence-corrected chi connectivity index (χ4v) is 1.99. The van der Waals surface area contributed by atoms with Gasteiger partial charge in [-0.25, -0.2) is 9.59 Å². The molecule has 1 radical (unpaired) electrons. The van der Waals surface area contributed by atoms with E-state index in [1.165, 1.54) is 37.5 Å². The highest BCUT2D eigenvalue weighted by molar-refractivity contribution is 5.92. The van der Waals surface area contributed by atoms with Crippen LogP contribution in [-0.2, 0) is 4.74 Å². The zero-order valence-corrected chi connectivity index (χ0v) is 13.2. The zero-order chi connectivity index (χ0) is 16.4. The van der Waals surface area contributed by atoms with Crippen molar-refractivity contribution in [1.82, 2.24) is 0 Å². The van der Waals surface area contributed by atoms with Crippen molar-refractivity contribution in [3.05, 3.63) is 23.8 Å². The lowest BCUT2D eigenvalue weighted by molar-refractivity contribution is 0.0693. The van der Waals surface area contributed by atoms with E-state index in [-0.39, 0.29) is 16.7 Å². The summed E-state index contributed by atoms with van der Waals surface area (Å²) in [7, 11) is 0. The number of carbonyl (C=O) groups excluding carboxylic acids is 1. The lowest BCUT2D eigenvalue weighted by Gasteiger charge is -2.08. The van der Waals surface area contributed by atoms with Crippen LogP contribution in [0.3, 0.4) is 0 Å². The fraction of sp³-hybridized carbons (Fsp3) is 0.500. The minimum Gasteiger partial charge on any atom is -0.507 e. The Kier molecular flexibility index (Phi) is 10.2. The van der Waals surface area contributed by atoms with Gasteiger partial charge in [0.2, 0.25) is 0 Å². The van der Waals surface area contributed by atoms with E-state index in [9.17, 15) is 14.7 Å². The molecular formula is C16H24NO6. The number of amides is 1. The number of carbonyl (C=O) groups is 2. The van der Waals surface area contributed by atoms with Gasteiger partial charge >= 0.3 is 12.1 Å². The number of nitrogens with one attached hydrogen (secondary N) is 1. The molecule has 0 spiro atoms. The molecule has 0 unspecified atom stereocenters. The van der Waals surface area contributed by atoms with Crippen LogP contribution in [0, 0.1) is 0 Å². The van der Waals surface area contributed by atoms with Gasteiger partial charge in [0.1, 0.15) is 11.3 Å². The Morgan fingerprint density at radius 3 is 2.39 bits per heavy atom. The standard InChI is InChI=1S/C16H23NO5.HO/c1-2-3-4-5-6-7-10-22-16(21)17-12-8-9-13(15(19)20)14(18)11-12;/h8-9,11,18H,2-7,10H2,1H3,(H,17,21)(H,19,20);1H. The molecule has 23 heavy (non-hydrogen) atoms. The second-order valence-electron chi connectivity index (χ2n) is 5.07. The number of phenols is 1. The third kappa shape index (κ3) is 8.06. The largest absolute Gasteiger partial charge is 0.507 e. The molecule has 1 aromatic carbocycles. The lowest BCUT2D eigenvalue weighted by Crippen LogP contribution is -2.14. The van der Waals surface area contributed by atoms with Crippen LogP contribution in [0.4, 0.5) is 10.5 Å². The molecule has 0 bridgehead atoms. The molecule has 129 valence electrons. The number of hydrogen-bond acceptors (Lipinski definition) is 4. The van der Waals surface area contributed by atoms with Crippen molar-refractivity contribution in [1.29, 1.82) is 0 Å². The molecular weight excluding hydrogens is 302 g/mol. The van der Waals surface area contributed by atoms with E-state index < -0.39 is 17.8 Å². The lowest BCUT2D eigenvalue weighted by atomic mass is 10.1. The highest BCUT2D eigenvalue weighted by Gasteiger charge is 2.11. The molecule has 0 heterocycles. The zero-order valence-electron chi connectivity index (χ0n) is 13.2. The van der Waals surface area contributed by atoms with E-state index in [0.717, 1.165) is 19.3 Å². The van der Waals surface area contributed by atoms with Crippen LogP contribution >= 0.6 is 0 Å². The molecule has 1 aromatic rings. The van der Waals surface area contributed by atoms with Crippen LogP contribution < -0.4 is 5.32 Å². The summed E-state index contributed by atoms with van der Waals surface area (Å²) in [6.45, 7) is 2.51. The van der Waals surface area contributed by atoms with Gasteiger partial charge in [0.25, 0.3) is 0 Å². The van der Waals surface area contributed by atoms with Gasteiger partial charge in [0.05, 0.1) is 6.61 Å². The van der Waals surface area contributed by atoms with E-state index in [1.54, 1.807) is 0 Å². The molecule has 0 aliphatic carbocycles. The Bertz CT molecular complexity index is 503. The van der Waals surface area contributed by atoms with Gasteiger partial charge in [-0.1, -0.05) is 39.0 Å². The third-order valence-electron chi connectivity index (χ3n) is 3.21. The van der Waals surface area contributed by atoms with Crippen molar-refractivity contribution in [2.45, 2.75) is 45.4 Å². The molecule has 7 nitrogen and oxygen atoms in total. The SMILES string of the molecule is CCCCCCCCOC(=O)Nc1ccc(C(=O)O)c(O)c1.[OH]. The summed E-state index contributed by atoms with van der Waals surface area (Å²) in [6, 6.07) is 3.80. The number of hydrogen-bond donors (Lipinski definition) is 4. The van der Waals surface area contributed by atoms with Gasteiger partial charge in [-0.3, -0.25) is 10.8 Å². The number of carboxylic acid groups (broad SMARTS) is 1. The van der Waals surface area contributed by atoms with Crippen molar-refractivity contribution in [3.8, 4) is 5.75 Å². The van der Waals surface area contributed by atoms with Crippen molar-refractivity contribution in [2.24, 2.45) is 0 Å². The summed E-state index contributed by atoms with van der Waals surface area (Å²) in [4.78, 5) is 22.3. The van der Waals surface area contributed by atoms with Crippen molar-refractivity contribution in [3.63, 3.8) is 0 Å². The van der Waals surface area contributed by atoms with Gasteiger partial charge < -0.3 is 14.9 Å². The second-order valence-corrected chi connectivity index (χ2v) is 5.07. The number of rotatable bonds is 9. The first kappa shape index (κ1) is 20.7. The quantitative estimate of drug-likeness (QED) is 0.513.